The summed E-state index contributed by atoms with van der Waals surface area (Å²) >= 11 is 0. The number of nitrogens with zero attached hydrogens (tertiary/aromatic N) is 4. The van der Waals surface area contributed by atoms with Crippen molar-refractivity contribution < 1.29 is 0 Å². The van der Waals surface area contributed by atoms with Gasteiger partial charge in [0.15, 0.2) is 0 Å². The van der Waals surface area contributed by atoms with Gasteiger partial charge in [0.05, 0.1) is 5.52 Å². The Hall–Kier alpha value is -2.20. The molecule has 1 saturated carbocycles. The summed E-state index contributed by atoms with van der Waals surface area (Å²) in [5.41, 5.74) is 3.64. The van der Waals surface area contributed by atoms with Crippen LogP contribution < -0.4 is 0 Å². The second-order valence-electron chi connectivity index (χ2n) is 9.50. The molecule has 0 amide bonds. The molecule has 2 aromatic carbocycles. The Balaban J connectivity index is 1.49. The third kappa shape index (κ3) is 3.38. The summed E-state index contributed by atoms with van der Waals surface area (Å²) < 4.78 is 2.29. The highest BCUT2D eigenvalue weighted by molar-refractivity contribution is 5.74. The van der Waals surface area contributed by atoms with Crippen molar-refractivity contribution in [2.24, 2.45) is 11.8 Å². The Bertz CT molecular complexity index is 945. The molecule has 0 radical (unpaired) electrons. The molecule has 152 valence electrons. The number of rotatable bonds is 3. The maximum Gasteiger partial charge on any atom is 0.118 e. The molecule has 1 aliphatic heterocycles. The molecule has 0 N–H and O–H groups in total. The van der Waals surface area contributed by atoms with Crippen molar-refractivity contribution in [3.8, 4) is 0 Å². The minimum atomic E-state index is -0.0468. The third-order valence-electron chi connectivity index (χ3n) is 7.26. The number of piperidine rings is 1. The molecule has 4 nitrogen and oxygen atoms in total. The first-order chi connectivity index (χ1) is 14.2. The molecule has 5 rings (SSSR count). The lowest BCUT2D eigenvalue weighted by Gasteiger charge is -2.52. The highest BCUT2D eigenvalue weighted by atomic mass is 15.5. The Kier molecular flexibility index (Phi) is 4.91. The summed E-state index contributed by atoms with van der Waals surface area (Å²) in [6.07, 6.45) is 6.10. The van der Waals surface area contributed by atoms with E-state index in [-0.39, 0.29) is 5.66 Å². The summed E-state index contributed by atoms with van der Waals surface area (Å²) in [6, 6.07) is 19.5. The van der Waals surface area contributed by atoms with Crippen molar-refractivity contribution in [1.82, 2.24) is 19.9 Å². The van der Waals surface area contributed by atoms with Crippen LogP contribution in [0.2, 0.25) is 0 Å². The number of hydrogen-bond donors (Lipinski definition) is 0. The first-order valence-electron chi connectivity index (χ1n) is 11.3. The molecule has 2 fully saturated rings. The number of benzene rings is 2. The predicted octanol–water partition coefficient (Wildman–Crippen LogP) is 5.42. The normalized spacial score (nSPS) is 29.3. The predicted molar refractivity (Wildman–Crippen MR) is 118 cm³/mol. The largest absolute Gasteiger partial charge is 0.279 e. The molecule has 1 aliphatic carbocycles. The number of hydrogen-bond acceptors (Lipinski definition) is 3. The monoisotopic (exact) mass is 388 g/mol. The lowest BCUT2D eigenvalue weighted by Crippen LogP contribution is -2.57. The van der Waals surface area contributed by atoms with Crippen LogP contribution >= 0.6 is 0 Å². The van der Waals surface area contributed by atoms with Gasteiger partial charge in [-0.05, 0) is 67.6 Å². The summed E-state index contributed by atoms with van der Waals surface area (Å²) in [7, 11) is 0. The van der Waals surface area contributed by atoms with Gasteiger partial charge in [0.25, 0.3) is 0 Å². The minimum absolute atomic E-state index is 0.0468. The van der Waals surface area contributed by atoms with Crippen molar-refractivity contribution in [2.75, 3.05) is 13.1 Å². The van der Waals surface area contributed by atoms with Crippen molar-refractivity contribution in [2.45, 2.75) is 57.5 Å². The van der Waals surface area contributed by atoms with Crippen LogP contribution in [0.5, 0.6) is 0 Å². The SMILES string of the molecule is CC1CC(C)CC(N2CCC(c3ccccc3)CC2)(n2nnc3ccccc32)C1. The fourth-order valence-electron chi connectivity index (χ4n) is 6.15. The van der Waals surface area contributed by atoms with E-state index in [1.165, 1.54) is 43.2 Å². The van der Waals surface area contributed by atoms with Gasteiger partial charge in [-0.3, -0.25) is 4.90 Å². The van der Waals surface area contributed by atoms with E-state index in [2.05, 4.69) is 83.1 Å². The van der Waals surface area contributed by atoms with Gasteiger partial charge < -0.3 is 0 Å². The molecule has 2 unspecified atom stereocenters. The summed E-state index contributed by atoms with van der Waals surface area (Å²) in [5, 5.41) is 9.27. The van der Waals surface area contributed by atoms with E-state index >= 15 is 0 Å². The first kappa shape index (κ1) is 18.8. The van der Waals surface area contributed by atoms with Crippen LogP contribution in [0, 0.1) is 11.8 Å². The van der Waals surface area contributed by atoms with E-state index in [1.54, 1.807) is 0 Å². The van der Waals surface area contributed by atoms with E-state index in [1.807, 2.05) is 0 Å². The highest BCUT2D eigenvalue weighted by Crippen LogP contribution is 2.46. The smallest absolute Gasteiger partial charge is 0.118 e. The number of likely N-dealkylation sites (tertiary alicyclic amines) is 1. The summed E-state index contributed by atoms with van der Waals surface area (Å²) in [4.78, 5) is 2.75. The van der Waals surface area contributed by atoms with Crippen LogP contribution in [-0.4, -0.2) is 33.0 Å². The Labute approximate surface area is 173 Å². The van der Waals surface area contributed by atoms with Gasteiger partial charge in [0.1, 0.15) is 11.2 Å². The number of fused-ring (bicyclic) bond motifs is 1. The Morgan fingerprint density at radius 3 is 2.24 bits per heavy atom. The van der Waals surface area contributed by atoms with Crippen LogP contribution in [0.4, 0.5) is 0 Å². The van der Waals surface area contributed by atoms with Gasteiger partial charge in [-0.1, -0.05) is 61.5 Å². The van der Waals surface area contributed by atoms with Gasteiger partial charge >= 0.3 is 0 Å². The molecule has 1 aromatic heterocycles. The summed E-state index contributed by atoms with van der Waals surface area (Å²) in [5.74, 6) is 2.08. The fourth-order valence-corrected chi connectivity index (χ4v) is 6.15. The molecule has 4 heteroatoms. The molecule has 2 aliphatic rings. The van der Waals surface area contributed by atoms with Gasteiger partial charge in [-0.25, -0.2) is 4.68 Å². The molecular weight excluding hydrogens is 356 g/mol. The van der Waals surface area contributed by atoms with E-state index < -0.39 is 0 Å². The lowest BCUT2D eigenvalue weighted by atomic mass is 9.74. The number of para-hydroxylation sites is 1. The van der Waals surface area contributed by atoms with E-state index in [0.717, 1.165) is 18.6 Å². The lowest BCUT2D eigenvalue weighted by molar-refractivity contribution is -0.0676. The average molecular weight is 389 g/mol. The molecule has 1 saturated heterocycles. The standard InChI is InChI=1S/C25H32N4/c1-19-16-20(2)18-25(17-19,29-24-11-7-6-10-23(24)26-27-29)28-14-12-22(13-15-28)21-8-4-3-5-9-21/h3-11,19-20,22H,12-18H2,1-2H3. The number of aromatic nitrogens is 3. The molecule has 2 heterocycles. The van der Waals surface area contributed by atoms with Crippen molar-refractivity contribution >= 4 is 11.0 Å². The van der Waals surface area contributed by atoms with Crippen LogP contribution in [0.3, 0.4) is 0 Å². The third-order valence-corrected chi connectivity index (χ3v) is 7.26. The van der Waals surface area contributed by atoms with Gasteiger partial charge in [-0.2, -0.15) is 0 Å². The molecule has 0 spiro atoms. The zero-order chi connectivity index (χ0) is 19.8. The topological polar surface area (TPSA) is 34.0 Å². The van der Waals surface area contributed by atoms with E-state index in [4.69, 9.17) is 5.21 Å². The van der Waals surface area contributed by atoms with Gasteiger partial charge in [-0.15, -0.1) is 5.10 Å². The van der Waals surface area contributed by atoms with E-state index in [9.17, 15) is 0 Å². The molecule has 3 aromatic rings. The maximum atomic E-state index is 4.74. The zero-order valence-corrected chi connectivity index (χ0v) is 17.7. The zero-order valence-electron chi connectivity index (χ0n) is 17.7. The van der Waals surface area contributed by atoms with Crippen LogP contribution in [-0.2, 0) is 5.66 Å². The molecular formula is C25H32N4. The van der Waals surface area contributed by atoms with Crippen LogP contribution in [0.15, 0.2) is 54.6 Å². The van der Waals surface area contributed by atoms with Crippen molar-refractivity contribution in [1.29, 1.82) is 0 Å². The maximum absolute atomic E-state index is 4.74. The highest BCUT2D eigenvalue weighted by Gasteiger charge is 2.46. The quantitative estimate of drug-likeness (QED) is 0.601. The average Bonchev–Trinajstić information content (AvgIpc) is 3.18. The molecule has 29 heavy (non-hydrogen) atoms. The second kappa shape index (κ2) is 7.56. The van der Waals surface area contributed by atoms with Gasteiger partial charge in [0, 0.05) is 13.1 Å². The van der Waals surface area contributed by atoms with Crippen molar-refractivity contribution in [3.05, 3.63) is 60.2 Å². The first-order valence-corrected chi connectivity index (χ1v) is 11.3. The molecule has 2 atom stereocenters. The van der Waals surface area contributed by atoms with Crippen LogP contribution in [0.1, 0.15) is 57.4 Å². The Morgan fingerprint density at radius 1 is 0.862 bits per heavy atom. The second-order valence-corrected chi connectivity index (χ2v) is 9.50. The molecule has 0 bridgehead atoms. The fraction of sp³-hybridized carbons (Fsp3) is 0.520. The van der Waals surface area contributed by atoms with Crippen molar-refractivity contribution in [3.63, 3.8) is 0 Å². The summed E-state index contributed by atoms with van der Waals surface area (Å²) in [6.45, 7) is 7.10. The van der Waals surface area contributed by atoms with E-state index in [0.29, 0.717) is 17.8 Å². The minimum Gasteiger partial charge on any atom is -0.279 e. The van der Waals surface area contributed by atoms with Crippen LogP contribution in [0.25, 0.3) is 11.0 Å². The van der Waals surface area contributed by atoms with Gasteiger partial charge in [0.2, 0.25) is 0 Å². The Morgan fingerprint density at radius 2 is 1.52 bits per heavy atom.